The number of hydrogen-bond donors (Lipinski definition) is 0. The van der Waals surface area contributed by atoms with Gasteiger partial charge in [0.05, 0.1) is 23.1 Å². The monoisotopic (exact) mass is 556 g/mol. The Morgan fingerprint density at radius 1 is 1.08 bits per heavy atom. The lowest BCUT2D eigenvalue weighted by atomic mass is 9.97. The van der Waals surface area contributed by atoms with Gasteiger partial charge in [-0.1, -0.05) is 24.3 Å². The molecule has 2 aliphatic heterocycles. The van der Waals surface area contributed by atoms with Crippen molar-refractivity contribution in [1.29, 1.82) is 0 Å². The van der Waals surface area contributed by atoms with Crippen molar-refractivity contribution in [2.75, 3.05) is 20.3 Å². The average Bonchev–Trinajstić information content (AvgIpc) is 3.39. The van der Waals surface area contributed by atoms with Crippen LogP contribution < -0.4 is 10.0 Å². The zero-order valence-corrected chi connectivity index (χ0v) is 22.3. The quantitative estimate of drug-likeness (QED) is 0.257. The van der Waals surface area contributed by atoms with E-state index in [-0.39, 0.29) is 23.3 Å². The number of rotatable bonds is 5. The van der Waals surface area contributed by atoms with Crippen LogP contribution in [0.4, 0.5) is 13.2 Å². The molecule has 4 aromatic rings. The van der Waals surface area contributed by atoms with Crippen LogP contribution in [0.5, 0.6) is 5.75 Å². The summed E-state index contributed by atoms with van der Waals surface area (Å²) >= 11 is 0. The summed E-state index contributed by atoms with van der Waals surface area (Å²) in [6, 6.07) is 12.9. The Morgan fingerprint density at radius 3 is 2.51 bits per heavy atom. The van der Waals surface area contributed by atoms with Gasteiger partial charge in [-0.15, -0.1) is 0 Å². The molecule has 0 fully saturated rings. The van der Waals surface area contributed by atoms with Crippen LogP contribution in [-0.4, -0.2) is 47.3 Å². The van der Waals surface area contributed by atoms with E-state index >= 15 is 0 Å². The van der Waals surface area contributed by atoms with Crippen LogP contribution in [-0.2, 0) is 4.57 Å². The number of ether oxygens (including phenoxy) is 1. The minimum Gasteiger partial charge on any atom is -0.434 e. The van der Waals surface area contributed by atoms with E-state index in [1.165, 1.54) is 25.1 Å². The van der Waals surface area contributed by atoms with Gasteiger partial charge in [0.2, 0.25) is 0 Å². The van der Waals surface area contributed by atoms with Gasteiger partial charge in [0.1, 0.15) is 24.9 Å². The molecule has 10 heteroatoms. The van der Waals surface area contributed by atoms with Gasteiger partial charge < -0.3 is 18.8 Å². The smallest absolute Gasteiger partial charge is 0.387 e. The molecule has 1 unspecified atom stereocenters. The van der Waals surface area contributed by atoms with Crippen molar-refractivity contribution in [3.8, 4) is 16.9 Å². The normalized spacial score (nSPS) is 20.7. The number of alkyl halides is 3. The third-order valence-electron chi connectivity index (χ3n) is 7.52. The summed E-state index contributed by atoms with van der Waals surface area (Å²) in [5.41, 5.74) is 2.94. The van der Waals surface area contributed by atoms with Crippen LogP contribution in [0.15, 0.2) is 54.6 Å². The zero-order valence-electron chi connectivity index (χ0n) is 24.4. The van der Waals surface area contributed by atoms with Crippen molar-refractivity contribution in [3.05, 3.63) is 77.1 Å². The molecule has 202 valence electrons. The number of aromatic nitrogens is 2. The molecule has 0 aliphatic carbocycles. The third kappa shape index (κ3) is 4.06. The van der Waals surface area contributed by atoms with E-state index in [9.17, 15) is 22.5 Å². The number of hydrogen-bond acceptors (Lipinski definition) is 4. The molecule has 3 aromatic carbocycles. The van der Waals surface area contributed by atoms with Gasteiger partial charge in [0.15, 0.2) is 0 Å². The maximum absolute atomic E-state index is 14.6. The summed E-state index contributed by atoms with van der Waals surface area (Å²) in [5.74, 6) is -0.702. The molecule has 39 heavy (non-hydrogen) atoms. The fourth-order valence-electron chi connectivity index (χ4n) is 5.83. The fraction of sp³-hybridized carbons (Fsp3) is 0.310. The maximum atomic E-state index is 14.6. The molecule has 3 heterocycles. The number of benzene rings is 3. The predicted molar refractivity (Wildman–Crippen MR) is 144 cm³/mol. The summed E-state index contributed by atoms with van der Waals surface area (Å²) in [7, 11) is -2.75. The van der Waals surface area contributed by atoms with Crippen molar-refractivity contribution in [2.24, 2.45) is 0 Å². The number of halogens is 3. The van der Waals surface area contributed by atoms with E-state index in [1.54, 1.807) is 48.2 Å². The highest BCUT2D eigenvalue weighted by Crippen LogP contribution is 2.50. The highest BCUT2D eigenvalue weighted by atomic mass is 31.2. The molecule has 2 bridgehead atoms. The number of imidazole rings is 1. The molecular formula is C29H27F3N3O3P. The molecule has 0 saturated carbocycles. The Labute approximate surface area is 228 Å². The van der Waals surface area contributed by atoms with Crippen molar-refractivity contribution >= 4 is 29.4 Å². The second-order valence-electron chi connectivity index (χ2n) is 10.3. The van der Waals surface area contributed by atoms with Gasteiger partial charge >= 0.3 is 6.61 Å². The SMILES string of the molecule is [2H]C([2H])([2H])N1C(=O)c2cccc(OC(F)F)c2[C@H]2C[C@@H]1c1nc3ccc(-c4ccc(P(C)(C)=O)c(C(C)F)c4)cc3n12. The Bertz CT molecular complexity index is 1800. The Kier molecular flexibility index (Phi) is 5.13. The lowest BCUT2D eigenvalue weighted by Gasteiger charge is -2.24. The molecule has 0 radical (unpaired) electrons. The largest absolute Gasteiger partial charge is 0.434 e. The highest BCUT2D eigenvalue weighted by molar-refractivity contribution is 7.70. The molecule has 3 atom stereocenters. The number of nitrogens with zero attached hydrogens (tertiary/aromatic N) is 3. The zero-order chi connectivity index (χ0) is 30.3. The Balaban J connectivity index is 1.58. The molecule has 0 N–H and O–H groups in total. The molecule has 1 amide bonds. The predicted octanol–water partition coefficient (Wildman–Crippen LogP) is 6.70. The van der Waals surface area contributed by atoms with Crippen LogP contribution >= 0.6 is 7.14 Å². The first-order valence-corrected chi connectivity index (χ1v) is 15.0. The number of carbonyl (C=O) groups excluding carboxylic acids is 1. The van der Waals surface area contributed by atoms with Crippen LogP contribution in [0.1, 0.15) is 63.0 Å². The van der Waals surface area contributed by atoms with E-state index in [0.717, 1.165) is 4.90 Å². The average molecular weight is 557 g/mol. The summed E-state index contributed by atoms with van der Waals surface area (Å²) in [6.07, 6.45) is -1.25. The summed E-state index contributed by atoms with van der Waals surface area (Å²) in [5, 5.41) is 0.468. The van der Waals surface area contributed by atoms with E-state index < -0.39 is 44.9 Å². The second-order valence-corrected chi connectivity index (χ2v) is 13.5. The van der Waals surface area contributed by atoms with Crippen molar-refractivity contribution < 1.29 is 31.4 Å². The first kappa shape index (κ1) is 22.3. The number of carbonyl (C=O) groups is 1. The van der Waals surface area contributed by atoms with E-state index in [1.807, 2.05) is 6.07 Å². The lowest BCUT2D eigenvalue weighted by molar-refractivity contribution is -0.0507. The molecule has 6 rings (SSSR count). The van der Waals surface area contributed by atoms with Gasteiger partial charge in [-0.05, 0) is 67.3 Å². The molecule has 0 spiro atoms. The topological polar surface area (TPSA) is 64.4 Å². The lowest BCUT2D eigenvalue weighted by Crippen LogP contribution is -2.30. The first-order valence-electron chi connectivity index (χ1n) is 13.9. The first-order chi connectivity index (χ1) is 19.7. The van der Waals surface area contributed by atoms with Crippen molar-refractivity contribution in [1.82, 2.24) is 14.5 Å². The standard InChI is InChI=1S/C29H27F3N3O3P/c1-15(30)19-12-16(9-11-25(19)39(3,4)37)17-8-10-20-21(13-17)35-22-14-23(27(35)33-20)34(2)28(36)18-6-5-7-24(26(18)22)38-29(31)32/h5-13,15,22-23,29H,14H2,1-4H3/t15?,22-,23-/m1/s1/i2D3. The van der Waals surface area contributed by atoms with Crippen LogP contribution in [0.3, 0.4) is 0 Å². The van der Waals surface area contributed by atoms with Gasteiger partial charge in [-0.25, -0.2) is 9.37 Å². The minimum atomic E-state index is -3.16. The van der Waals surface area contributed by atoms with Gasteiger partial charge in [0, 0.05) is 33.9 Å². The van der Waals surface area contributed by atoms with Crippen molar-refractivity contribution in [2.45, 2.75) is 38.2 Å². The number of amides is 1. The molecule has 1 aromatic heterocycles. The van der Waals surface area contributed by atoms with Gasteiger partial charge in [0.25, 0.3) is 5.91 Å². The Morgan fingerprint density at radius 2 is 1.82 bits per heavy atom. The summed E-state index contributed by atoms with van der Waals surface area (Å²) in [4.78, 5) is 19.1. The van der Waals surface area contributed by atoms with Gasteiger partial charge in [-0.2, -0.15) is 8.78 Å². The molecular weight excluding hydrogens is 526 g/mol. The molecule has 6 nitrogen and oxygen atoms in total. The fourth-order valence-corrected chi connectivity index (χ4v) is 7.13. The van der Waals surface area contributed by atoms with E-state index in [4.69, 9.17) is 13.8 Å². The van der Waals surface area contributed by atoms with Crippen LogP contribution in [0.2, 0.25) is 0 Å². The molecule has 2 aliphatic rings. The molecule has 0 saturated heterocycles. The van der Waals surface area contributed by atoms with Crippen LogP contribution in [0.25, 0.3) is 22.2 Å². The van der Waals surface area contributed by atoms with E-state index in [2.05, 4.69) is 0 Å². The minimum absolute atomic E-state index is 0.0267. The highest BCUT2D eigenvalue weighted by Gasteiger charge is 2.45. The summed E-state index contributed by atoms with van der Waals surface area (Å²) < 4.78 is 85.4. The maximum Gasteiger partial charge on any atom is 0.387 e. The third-order valence-corrected chi connectivity index (χ3v) is 9.09. The van der Waals surface area contributed by atoms with Gasteiger partial charge in [-0.3, -0.25) is 4.79 Å². The number of fused-ring (bicyclic) bond motifs is 9. The van der Waals surface area contributed by atoms with E-state index in [0.29, 0.717) is 38.9 Å². The summed E-state index contributed by atoms with van der Waals surface area (Å²) in [6.45, 7) is -1.41. The Hall–Kier alpha value is -3.58. The van der Waals surface area contributed by atoms with Crippen molar-refractivity contribution in [3.63, 3.8) is 0 Å². The second kappa shape index (κ2) is 8.98. The van der Waals surface area contributed by atoms with Crippen LogP contribution in [0, 0.1) is 0 Å².